The van der Waals surface area contributed by atoms with Gasteiger partial charge in [0.15, 0.2) is 11.2 Å². The Morgan fingerprint density at radius 1 is 1.21 bits per heavy atom. The molecule has 0 bridgehead atoms. The van der Waals surface area contributed by atoms with E-state index in [0.717, 1.165) is 37.2 Å². The highest BCUT2D eigenvalue weighted by Crippen LogP contribution is 2.22. The average molecular weight is 395 g/mol. The number of piperidine rings is 1. The van der Waals surface area contributed by atoms with Gasteiger partial charge in [-0.15, -0.1) is 0 Å². The van der Waals surface area contributed by atoms with E-state index in [1.807, 2.05) is 35.8 Å². The number of nitrogens with one attached hydrogen (secondary N) is 2. The summed E-state index contributed by atoms with van der Waals surface area (Å²) >= 11 is 0. The number of hydrogen-bond acceptors (Lipinski definition) is 6. The van der Waals surface area contributed by atoms with Crippen molar-refractivity contribution in [3.63, 3.8) is 0 Å². The number of fused-ring (bicyclic) bond motifs is 1. The summed E-state index contributed by atoms with van der Waals surface area (Å²) in [6.45, 7) is 4.14. The number of hydrazone groups is 1. The first-order valence-electron chi connectivity index (χ1n) is 9.84. The molecule has 3 heterocycles. The molecule has 0 unspecified atom stereocenters. The van der Waals surface area contributed by atoms with Crippen LogP contribution in [-0.4, -0.2) is 38.4 Å². The van der Waals surface area contributed by atoms with Crippen molar-refractivity contribution in [2.75, 3.05) is 23.4 Å². The fraction of sp³-hybridized carbons (Fsp3) is 0.400. The first-order valence-corrected chi connectivity index (χ1v) is 9.84. The average Bonchev–Trinajstić information content (AvgIpc) is 3.11. The van der Waals surface area contributed by atoms with Crippen molar-refractivity contribution in [3.05, 3.63) is 50.7 Å². The summed E-state index contributed by atoms with van der Waals surface area (Å²) in [5.41, 5.74) is 4.94. The topological polar surface area (TPSA) is 100 Å². The Kier molecular flexibility index (Phi) is 5.20. The van der Waals surface area contributed by atoms with Crippen molar-refractivity contribution < 1.29 is 0 Å². The zero-order chi connectivity index (χ0) is 20.4. The molecule has 2 N–H and O–H groups in total. The zero-order valence-electron chi connectivity index (χ0n) is 16.7. The SMILES string of the molecule is Cc1ccccc1NN=CCn1c(N2CCCCC2)nc2c1c(=O)[nH]c(=O)n2C. The third-order valence-electron chi connectivity index (χ3n) is 5.31. The molecular formula is C20H25N7O2. The molecule has 1 aliphatic heterocycles. The van der Waals surface area contributed by atoms with Crippen molar-refractivity contribution >= 4 is 29.0 Å². The van der Waals surface area contributed by atoms with Crippen LogP contribution in [0.25, 0.3) is 11.2 Å². The quantitative estimate of drug-likeness (QED) is 0.507. The summed E-state index contributed by atoms with van der Waals surface area (Å²) in [4.78, 5) is 33.8. The van der Waals surface area contributed by atoms with Gasteiger partial charge >= 0.3 is 5.69 Å². The van der Waals surface area contributed by atoms with Gasteiger partial charge in [-0.05, 0) is 37.8 Å². The number of para-hydroxylation sites is 1. The Labute approximate surface area is 167 Å². The summed E-state index contributed by atoms with van der Waals surface area (Å²) in [5.74, 6) is 0.703. The molecule has 0 saturated carbocycles. The molecule has 0 amide bonds. The van der Waals surface area contributed by atoms with Crippen LogP contribution in [0.15, 0.2) is 39.0 Å². The van der Waals surface area contributed by atoms with E-state index in [1.54, 1.807) is 13.3 Å². The van der Waals surface area contributed by atoms with Gasteiger partial charge in [0.1, 0.15) is 0 Å². The number of imidazole rings is 1. The predicted molar refractivity (Wildman–Crippen MR) is 115 cm³/mol. The van der Waals surface area contributed by atoms with Crippen molar-refractivity contribution in [2.45, 2.75) is 32.7 Å². The maximum atomic E-state index is 12.6. The van der Waals surface area contributed by atoms with Crippen LogP contribution in [0, 0.1) is 6.92 Å². The molecule has 152 valence electrons. The van der Waals surface area contributed by atoms with E-state index in [0.29, 0.717) is 23.7 Å². The molecule has 0 radical (unpaired) electrons. The lowest BCUT2D eigenvalue weighted by molar-refractivity contribution is 0.562. The van der Waals surface area contributed by atoms with Crippen molar-refractivity contribution in [3.8, 4) is 0 Å². The van der Waals surface area contributed by atoms with E-state index >= 15 is 0 Å². The second-order valence-corrected chi connectivity index (χ2v) is 7.30. The number of aromatic nitrogens is 4. The highest BCUT2D eigenvalue weighted by atomic mass is 16.2. The van der Waals surface area contributed by atoms with Crippen LogP contribution < -0.4 is 21.6 Å². The van der Waals surface area contributed by atoms with E-state index in [4.69, 9.17) is 0 Å². The summed E-state index contributed by atoms with van der Waals surface area (Å²) < 4.78 is 3.21. The van der Waals surface area contributed by atoms with Gasteiger partial charge in [-0.1, -0.05) is 18.2 Å². The maximum Gasteiger partial charge on any atom is 0.329 e. The third kappa shape index (κ3) is 3.67. The Bertz CT molecular complexity index is 1170. The molecule has 0 atom stereocenters. The molecule has 1 aliphatic rings. The van der Waals surface area contributed by atoms with E-state index in [1.165, 1.54) is 11.0 Å². The number of H-pyrrole nitrogens is 1. The second-order valence-electron chi connectivity index (χ2n) is 7.30. The van der Waals surface area contributed by atoms with Crippen LogP contribution in [0.3, 0.4) is 0 Å². The fourth-order valence-electron chi connectivity index (χ4n) is 3.67. The number of hydrogen-bond donors (Lipinski definition) is 2. The zero-order valence-corrected chi connectivity index (χ0v) is 16.7. The van der Waals surface area contributed by atoms with Crippen LogP contribution in [0.1, 0.15) is 24.8 Å². The Morgan fingerprint density at radius 3 is 2.72 bits per heavy atom. The molecule has 29 heavy (non-hydrogen) atoms. The fourth-order valence-corrected chi connectivity index (χ4v) is 3.67. The van der Waals surface area contributed by atoms with E-state index in [9.17, 15) is 9.59 Å². The minimum absolute atomic E-state index is 0.364. The molecule has 1 saturated heterocycles. The lowest BCUT2D eigenvalue weighted by atomic mass is 10.1. The van der Waals surface area contributed by atoms with Gasteiger partial charge in [-0.3, -0.25) is 24.3 Å². The van der Waals surface area contributed by atoms with Crippen LogP contribution in [0.5, 0.6) is 0 Å². The van der Waals surface area contributed by atoms with Gasteiger partial charge in [0, 0.05) is 26.4 Å². The molecule has 0 spiro atoms. The highest BCUT2D eigenvalue weighted by Gasteiger charge is 2.22. The summed E-state index contributed by atoms with van der Waals surface area (Å²) in [6.07, 6.45) is 5.08. The number of aryl methyl sites for hydroxylation is 2. The molecule has 0 aliphatic carbocycles. The van der Waals surface area contributed by atoms with E-state index < -0.39 is 11.2 Å². The lowest BCUT2D eigenvalue weighted by Gasteiger charge is -2.27. The summed E-state index contributed by atoms with van der Waals surface area (Å²) in [7, 11) is 1.62. The minimum Gasteiger partial charge on any atom is -0.342 e. The molecule has 2 aromatic heterocycles. The largest absolute Gasteiger partial charge is 0.342 e. The van der Waals surface area contributed by atoms with Crippen LogP contribution in [0.2, 0.25) is 0 Å². The van der Waals surface area contributed by atoms with Crippen molar-refractivity contribution in [2.24, 2.45) is 12.1 Å². The van der Waals surface area contributed by atoms with Gasteiger partial charge in [-0.2, -0.15) is 10.1 Å². The monoisotopic (exact) mass is 395 g/mol. The molecule has 4 rings (SSSR count). The molecule has 9 nitrogen and oxygen atoms in total. The Balaban J connectivity index is 1.70. The van der Waals surface area contributed by atoms with E-state index in [-0.39, 0.29) is 0 Å². The molecular weight excluding hydrogens is 370 g/mol. The van der Waals surface area contributed by atoms with Crippen LogP contribution in [-0.2, 0) is 13.6 Å². The van der Waals surface area contributed by atoms with Gasteiger partial charge < -0.3 is 4.90 Å². The Morgan fingerprint density at radius 2 is 1.97 bits per heavy atom. The number of rotatable bonds is 5. The molecule has 9 heteroatoms. The first kappa shape index (κ1) is 19.0. The van der Waals surface area contributed by atoms with Gasteiger partial charge in [0.2, 0.25) is 5.95 Å². The van der Waals surface area contributed by atoms with Crippen molar-refractivity contribution in [1.82, 2.24) is 19.1 Å². The number of anilines is 2. The predicted octanol–water partition coefficient (Wildman–Crippen LogP) is 1.82. The molecule has 3 aromatic rings. The van der Waals surface area contributed by atoms with Gasteiger partial charge in [-0.25, -0.2) is 4.79 Å². The lowest BCUT2D eigenvalue weighted by Crippen LogP contribution is -2.32. The van der Waals surface area contributed by atoms with Crippen molar-refractivity contribution in [1.29, 1.82) is 0 Å². The highest BCUT2D eigenvalue weighted by molar-refractivity contribution is 5.76. The number of nitrogens with zero attached hydrogens (tertiary/aromatic N) is 5. The second kappa shape index (κ2) is 7.94. The maximum absolute atomic E-state index is 12.6. The summed E-state index contributed by atoms with van der Waals surface area (Å²) in [6, 6.07) is 7.89. The number of benzene rings is 1. The number of aromatic amines is 1. The summed E-state index contributed by atoms with van der Waals surface area (Å²) in [5, 5.41) is 4.32. The van der Waals surface area contributed by atoms with Gasteiger partial charge in [0.05, 0.1) is 12.2 Å². The smallest absolute Gasteiger partial charge is 0.329 e. The first-order chi connectivity index (χ1) is 14.1. The third-order valence-corrected chi connectivity index (χ3v) is 5.31. The van der Waals surface area contributed by atoms with Gasteiger partial charge in [0.25, 0.3) is 5.56 Å². The van der Waals surface area contributed by atoms with Crippen LogP contribution in [0.4, 0.5) is 11.6 Å². The van der Waals surface area contributed by atoms with E-state index in [2.05, 4.69) is 25.4 Å². The molecule has 1 aromatic carbocycles. The van der Waals surface area contributed by atoms with Crippen LogP contribution >= 0.6 is 0 Å². The Hall–Kier alpha value is -3.36. The normalized spacial score (nSPS) is 14.8. The molecule has 1 fully saturated rings. The minimum atomic E-state index is -0.466. The standard InChI is InChI=1S/C20H25N7O2/c1-14-8-4-5-9-15(14)24-21-10-13-27-16-17(25(2)20(29)23-18(16)28)22-19(27)26-11-6-3-7-12-26/h4-5,8-10,24H,3,6-7,11-13H2,1-2H3,(H,23,28,29).